The van der Waals surface area contributed by atoms with Gasteiger partial charge in [-0.2, -0.15) is 0 Å². The van der Waals surface area contributed by atoms with Crippen LogP contribution in [0.3, 0.4) is 0 Å². The largest absolute Gasteiger partial charge is 0.465 e. The van der Waals surface area contributed by atoms with E-state index < -0.39 is 0 Å². The van der Waals surface area contributed by atoms with Gasteiger partial charge in [0.2, 0.25) is 0 Å². The van der Waals surface area contributed by atoms with Gasteiger partial charge >= 0.3 is 0 Å². The Balaban J connectivity index is 2.22. The molecule has 1 unspecified atom stereocenters. The van der Waals surface area contributed by atoms with E-state index in [0.29, 0.717) is 5.92 Å². The minimum atomic E-state index is 0.214. The van der Waals surface area contributed by atoms with Gasteiger partial charge in [-0.3, -0.25) is 0 Å². The lowest BCUT2D eigenvalue weighted by molar-refractivity contribution is 0.424. The highest BCUT2D eigenvalue weighted by molar-refractivity contribution is 5.05. The van der Waals surface area contributed by atoms with Gasteiger partial charge in [-0.15, -0.1) is 0 Å². The van der Waals surface area contributed by atoms with Crippen LogP contribution >= 0.6 is 0 Å². The first-order valence-electron chi connectivity index (χ1n) is 5.11. The molecule has 1 aromatic rings. The quantitative estimate of drug-likeness (QED) is 0.753. The second-order valence-electron chi connectivity index (χ2n) is 4.05. The number of aryl methyl sites for hydroxylation is 1. The fourth-order valence-corrected chi connectivity index (χ4v) is 1.18. The molecule has 3 N–H and O–H groups in total. The van der Waals surface area contributed by atoms with Crippen molar-refractivity contribution in [1.29, 1.82) is 0 Å². The molecule has 3 heteroatoms. The minimum absolute atomic E-state index is 0.214. The van der Waals surface area contributed by atoms with E-state index in [1.165, 1.54) is 0 Å². The highest BCUT2D eigenvalue weighted by Crippen LogP contribution is 2.05. The minimum Gasteiger partial charge on any atom is -0.465 e. The van der Waals surface area contributed by atoms with Crippen LogP contribution in [0.15, 0.2) is 16.5 Å². The van der Waals surface area contributed by atoms with Crippen molar-refractivity contribution in [3.05, 3.63) is 23.7 Å². The summed E-state index contributed by atoms with van der Waals surface area (Å²) in [7, 11) is 0. The Morgan fingerprint density at radius 3 is 2.64 bits per heavy atom. The lowest BCUT2D eigenvalue weighted by Crippen LogP contribution is -2.37. The third kappa shape index (κ3) is 3.52. The summed E-state index contributed by atoms with van der Waals surface area (Å²) in [5.41, 5.74) is 5.89. The molecule has 0 aliphatic carbocycles. The molecule has 0 fully saturated rings. The smallest absolute Gasteiger partial charge is 0.117 e. The van der Waals surface area contributed by atoms with Crippen LogP contribution in [-0.2, 0) is 6.54 Å². The summed E-state index contributed by atoms with van der Waals surface area (Å²) in [4.78, 5) is 0. The van der Waals surface area contributed by atoms with Crippen molar-refractivity contribution in [2.45, 2.75) is 33.4 Å². The van der Waals surface area contributed by atoms with Crippen LogP contribution in [0.1, 0.15) is 25.4 Å². The molecular formula is C11H20N2O. The van der Waals surface area contributed by atoms with Crippen molar-refractivity contribution in [1.82, 2.24) is 5.32 Å². The van der Waals surface area contributed by atoms with Gasteiger partial charge in [0.25, 0.3) is 0 Å². The molecule has 1 heterocycles. The van der Waals surface area contributed by atoms with Crippen molar-refractivity contribution in [3.8, 4) is 0 Å². The maximum Gasteiger partial charge on any atom is 0.117 e. The van der Waals surface area contributed by atoms with Crippen LogP contribution in [0.4, 0.5) is 0 Å². The van der Waals surface area contributed by atoms with Gasteiger partial charge in [-0.05, 0) is 25.0 Å². The lowest BCUT2D eigenvalue weighted by atomic mass is 10.1. The summed E-state index contributed by atoms with van der Waals surface area (Å²) in [5, 5.41) is 3.28. The molecule has 80 valence electrons. The Morgan fingerprint density at radius 2 is 2.14 bits per heavy atom. The molecule has 14 heavy (non-hydrogen) atoms. The average molecular weight is 196 g/mol. The maximum atomic E-state index is 5.89. The Kier molecular flexibility index (Phi) is 4.17. The van der Waals surface area contributed by atoms with E-state index in [1.807, 2.05) is 19.1 Å². The van der Waals surface area contributed by atoms with Gasteiger partial charge in [-0.25, -0.2) is 0 Å². The molecule has 3 nitrogen and oxygen atoms in total. The van der Waals surface area contributed by atoms with E-state index in [9.17, 15) is 0 Å². The van der Waals surface area contributed by atoms with E-state index in [0.717, 1.165) is 24.6 Å². The van der Waals surface area contributed by atoms with Gasteiger partial charge in [-0.1, -0.05) is 13.8 Å². The average Bonchev–Trinajstić information content (AvgIpc) is 2.51. The fraction of sp³-hybridized carbons (Fsp3) is 0.636. The first kappa shape index (κ1) is 11.3. The molecule has 0 radical (unpaired) electrons. The number of rotatable bonds is 5. The number of nitrogens with two attached hydrogens (primary N) is 1. The molecule has 0 bridgehead atoms. The SMILES string of the molecule is Cc1ccc(CNCC(N)C(C)C)o1. The zero-order chi connectivity index (χ0) is 10.6. The zero-order valence-corrected chi connectivity index (χ0v) is 9.21. The Hall–Kier alpha value is -0.800. The molecule has 0 saturated carbocycles. The third-order valence-corrected chi connectivity index (χ3v) is 2.33. The lowest BCUT2D eigenvalue weighted by Gasteiger charge is -2.15. The van der Waals surface area contributed by atoms with Gasteiger partial charge < -0.3 is 15.5 Å². The number of nitrogens with one attached hydrogen (secondary N) is 1. The first-order valence-corrected chi connectivity index (χ1v) is 5.11. The second kappa shape index (κ2) is 5.17. The molecule has 0 aromatic carbocycles. The predicted molar refractivity (Wildman–Crippen MR) is 58.0 cm³/mol. The molecule has 0 aliphatic heterocycles. The number of hydrogen-bond acceptors (Lipinski definition) is 3. The fourth-order valence-electron chi connectivity index (χ4n) is 1.18. The summed E-state index contributed by atoms with van der Waals surface area (Å²) in [6, 6.07) is 4.17. The zero-order valence-electron chi connectivity index (χ0n) is 9.21. The van der Waals surface area contributed by atoms with Gasteiger partial charge in [0, 0.05) is 12.6 Å². The van der Waals surface area contributed by atoms with Gasteiger partial charge in [0.15, 0.2) is 0 Å². The van der Waals surface area contributed by atoms with Crippen LogP contribution in [0.2, 0.25) is 0 Å². The van der Waals surface area contributed by atoms with Crippen molar-refractivity contribution < 1.29 is 4.42 Å². The molecular weight excluding hydrogens is 176 g/mol. The summed E-state index contributed by atoms with van der Waals surface area (Å²) >= 11 is 0. The second-order valence-corrected chi connectivity index (χ2v) is 4.05. The van der Waals surface area contributed by atoms with E-state index in [1.54, 1.807) is 0 Å². The van der Waals surface area contributed by atoms with Crippen LogP contribution in [0.5, 0.6) is 0 Å². The molecule has 0 amide bonds. The van der Waals surface area contributed by atoms with Crippen LogP contribution in [0, 0.1) is 12.8 Å². The van der Waals surface area contributed by atoms with Crippen LogP contribution < -0.4 is 11.1 Å². The molecule has 0 spiro atoms. The molecule has 0 saturated heterocycles. The monoisotopic (exact) mass is 196 g/mol. The molecule has 1 rings (SSSR count). The van der Waals surface area contributed by atoms with Crippen molar-refractivity contribution >= 4 is 0 Å². The summed E-state index contributed by atoms with van der Waals surface area (Å²) in [6.45, 7) is 7.79. The maximum absolute atomic E-state index is 5.89. The predicted octanol–water partition coefficient (Wildman–Crippen LogP) is 1.66. The summed E-state index contributed by atoms with van der Waals surface area (Å²) in [6.07, 6.45) is 0. The van der Waals surface area contributed by atoms with Crippen molar-refractivity contribution in [2.24, 2.45) is 11.7 Å². The normalized spacial score (nSPS) is 13.5. The molecule has 0 aliphatic rings. The highest BCUT2D eigenvalue weighted by Gasteiger charge is 2.06. The summed E-state index contributed by atoms with van der Waals surface area (Å²) < 4.78 is 5.42. The summed E-state index contributed by atoms with van der Waals surface area (Å²) in [5.74, 6) is 2.44. The van der Waals surface area contributed by atoms with E-state index in [4.69, 9.17) is 10.2 Å². The van der Waals surface area contributed by atoms with Crippen LogP contribution in [-0.4, -0.2) is 12.6 Å². The Labute approximate surface area is 85.7 Å². The van der Waals surface area contributed by atoms with E-state index in [2.05, 4.69) is 19.2 Å². The van der Waals surface area contributed by atoms with E-state index in [-0.39, 0.29) is 6.04 Å². The number of hydrogen-bond donors (Lipinski definition) is 2. The van der Waals surface area contributed by atoms with E-state index >= 15 is 0 Å². The molecule has 1 atom stereocenters. The van der Waals surface area contributed by atoms with Crippen LogP contribution in [0.25, 0.3) is 0 Å². The first-order chi connectivity index (χ1) is 6.59. The Bertz CT molecular complexity index is 268. The topological polar surface area (TPSA) is 51.2 Å². The third-order valence-electron chi connectivity index (χ3n) is 2.33. The van der Waals surface area contributed by atoms with Crippen molar-refractivity contribution in [2.75, 3.05) is 6.54 Å². The standard InChI is InChI=1S/C11H20N2O/c1-8(2)11(12)7-13-6-10-5-4-9(3)14-10/h4-5,8,11,13H,6-7,12H2,1-3H3. The highest BCUT2D eigenvalue weighted by atomic mass is 16.3. The van der Waals surface area contributed by atoms with Gasteiger partial charge in [0.1, 0.15) is 11.5 Å². The van der Waals surface area contributed by atoms with Crippen molar-refractivity contribution in [3.63, 3.8) is 0 Å². The molecule has 1 aromatic heterocycles. The van der Waals surface area contributed by atoms with Gasteiger partial charge in [0.05, 0.1) is 6.54 Å². The Morgan fingerprint density at radius 1 is 1.43 bits per heavy atom. The number of furan rings is 1.